The molecule has 0 aromatic rings. The Morgan fingerprint density at radius 3 is 2.50 bits per heavy atom. The van der Waals surface area contributed by atoms with Crippen molar-refractivity contribution in [1.29, 1.82) is 0 Å². The predicted octanol–water partition coefficient (Wildman–Crippen LogP) is 3.22. The number of guanidine groups is 1. The van der Waals surface area contributed by atoms with Crippen LogP contribution < -0.4 is 10.6 Å². The van der Waals surface area contributed by atoms with Gasteiger partial charge >= 0.3 is 6.09 Å². The van der Waals surface area contributed by atoms with Gasteiger partial charge < -0.3 is 20.3 Å². The van der Waals surface area contributed by atoms with Gasteiger partial charge in [-0.2, -0.15) is 0 Å². The second-order valence-corrected chi connectivity index (χ2v) is 7.55. The lowest BCUT2D eigenvalue weighted by atomic mass is 10.0. The summed E-state index contributed by atoms with van der Waals surface area (Å²) in [5.41, 5.74) is -0.457. The molecule has 1 aliphatic rings. The summed E-state index contributed by atoms with van der Waals surface area (Å²) in [6.07, 6.45) is 2.96. The van der Waals surface area contributed by atoms with Gasteiger partial charge in [-0.05, 0) is 46.0 Å². The van der Waals surface area contributed by atoms with Gasteiger partial charge in [0.05, 0.1) is 6.04 Å². The van der Waals surface area contributed by atoms with E-state index in [-0.39, 0.29) is 36.1 Å². The molecule has 0 radical (unpaired) electrons. The van der Waals surface area contributed by atoms with Gasteiger partial charge in [0.2, 0.25) is 0 Å². The maximum atomic E-state index is 12.4. The van der Waals surface area contributed by atoms with Crippen molar-refractivity contribution in [1.82, 2.24) is 15.5 Å². The van der Waals surface area contributed by atoms with Gasteiger partial charge in [0.25, 0.3) is 0 Å². The van der Waals surface area contributed by atoms with Crippen LogP contribution >= 0.6 is 24.0 Å². The Labute approximate surface area is 164 Å². The molecule has 1 unspecified atom stereocenters. The maximum Gasteiger partial charge on any atom is 0.410 e. The number of halogens is 1. The standard InChI is InChI=1S/C17H34N4O2.HI/c1-13(2)11-19-15(18-6)20-12-14-9-7-8-10-21(14)16(22)23-17(3,4)5;/h13-14H,7-12H2,1-6H3,(H2,18,19,20);1H. The summed E-state index contributed by atoms with van der Waals surface area (Å²) in [6, 6.07) is 0.149. The zero-order chi connectivity index (χ0) is 17.5. The number of nitrogens with zero attached hydrogens (tertiary/aromatic N) is 2. The van der Waals surface area contributed by atoms with E-state index in [9.17, 15) is 4.79 Å². The van der Waals surface area contributed by atoms with E-state index in [0.29, 0.717) is 12.5 Å². The summed E-state index contributed by atoms with van der Waals surface area (Å²) < 4.78 is 5.53. The monoisotopic (exact) mass is 454 g/mol. The third-order valence-electron chi connectivity index (χ3n) is 3.66. The highest BCUT2D eigenvalue weighted by atomic mass is 127. The third-order valence-corrected chi connectivity index (χ3v) is 3.66. The van der Waals surface area contributed by atoms with Crippen LogP contribution in [0.15, 0.2) is 4.99 Å². The number of piperidine rings is 1. The number of amides is 1. The van der Waals surface area contributed by atoms with Gasteiger partial charge in [0.1, 0.15) is 5.60 Å². The van der Waals surface area contributed by atoms with Crippen LogP contribution in [0.5, 0.6) is 0 Å². The molecule has 1 saturated heterocycles. The lowest BCUT2D eigenvalue weighted by Crippen LogP contribution is -2.52. The van der Waals surface area contributed by atoms with Gasteiger partial charge in [-0.25, -0.2) is 4.79 Å². The maximum absolute atomic E-state index is 12.4. The number of likely N-dealkylation sites (tertiary alicyclic amines) is 1. The molecule has 0 saturated carbocycles. The van der Waals surface area contributed by atoms with E-state index in [4.69, 9.17) is 4.74 Å². The summed E-state index contributed by atoms with van der Waals surface area (Å²) in [6.45, 7) is 12.4. The first-order chi connectivity index (χ1) is 10.7. The molecule has 0 spiro atoms. The first kappa shape index (κ1) is 23.3. The SMILES string of the molecule is CN=C(NCC(C)C)NCC1CCCCN1C(=O)OC(C)(C)C.I. The molecule has 0 bridgehead atoms. The van der Waals surface area contributed by atoms with Crippen LogP contribution in [0.4, 0.5) is 4.79 Å². The number of nitrogens with one attached hydrogen (secondary N) is 2. The number of carbonyl (C=O) groups excluding carboxylic acids is 1. The van der Waals surface area contributed by atoms with Crippen molar-refractivity contribution in [2.24, 2.45) is 10.9 Å². The number of rotatable bonds is 4. The zero-order valence-electron chi connectivity index (χ0n) is 16.0. The molecular formula is C17H35IN4O2. The number of carbonyl (C=O) groups is 1. The first-order valence-electron chi connectivity index (χ1n) is 8.67. The van der Waals surface area contributed by atoms with Crippen LogP contribution in [-0.4, -0.2) is 55.3 Å². The van der Waals surface area contributed by atoms with E-state index in [2.05, 4.69) is 29.5 Å². The van der Waals surface area contributed by atoms with Crippen molar-refractivity contribution in [2.45, 2.75) is 65.5 Å². The van der Waals surface area contributed by atoms with Crippen LogP contribution in [0.3, 0.4) is 0 Å². The Morgan fingerprint density at radius 2 is 1.96 bits per heavy atom. The van der Waals surface area contributed by atoms with Gasteiger partial charge in [-0.1, -0.05) is 13.8 Å². The number of ether oxygens (including phenoxy) is 1. The fraction of sp³-hybridized carbons (Fsp3) is 0.882. The molecule has 142 valence electrons. The summed E-state index contributed by atoms with van der Waals surface area (Å²) in [4.78, 5) is 18.5. The van der Waals surface area contributed by atoms with Crippen LogP contribution in [-0.2, 0) is 4.74 Å². The van der Waals surface area contributed by atoms with Gasteiger partial charge in [-0.15, -0.1) is 24.0 Å². The lowest BCUT2D eigenvalue weighted by molar-refractivity contribution is 0.0104. The summed E-state index contributed by atoms with van der Waals surface area (Å²) >= 11 is 0. The van der Waals surface area contributed by atoms with Crippen LogP contribution in [0.25, 0.3) is 0 Å². The minimum absolute atomic E-state index is 0. The van der Waals surface area contributed by atoms with E-state index in [1.165, 1.54) is 0 Å². The number of hydrogen-bond donors (Lipinski definition) is 2. The smallest absolute Gasteiger partial charge is 0.410 e. The normalized spacial score (nSPS) is 18.9. The van der Waals surface area contributed by atoms with Crippen molar-refractivity contribution in [3.05, 3.63) is 0 Å². The second-order valence-electron chi connectivity index (χ2n) is 7.55. The average molecular weight is 454 g/mol. The summed E-state index contributed by atoms with van der Waals surface area (Å²) in [5.74, 6) is 1.34. The van der Waals surface area contributed by atoms with Crippen LogP contribution in [0, 0.1) is 5.92 Å². The molecule has 0 aromatic carbocycles. The van der Waals surface area contributed by atoms with Crippen LogP contribution in [0.2, 0.25) is 0 Å². The Bertz CT molecular complexity index is 408. The third kappa shape index (κ3) is 8.94. The van der Waals surface area contributed by atoms with Crippen molar-refractivity contribution >= 4 is 36.0 Å². The molecular weight excluding hydrogens is 419 g/mol. The van der Waals surface area contributed by atoms with E-state index < -0.39 is 5.60 Å². The van der Waals surface area contributed by atoms with Gasteiger partial charge in [0, 0.05) is 26.7 Å². The first-order valence-corrected chi connectivity index (χ1v) is 8.67. The Hall–Kier alpha value is -0.730. The number of aliphatic imine (C=N–C) groups is 1. The largest absolute Gasteiger partial charge is 0.444 e. The molecule has 0 aliphatic carbocycles. The van der Waals surface area contributed by atoms with E-state index in [1.807, 2.05) is 25.7 Å². The van der Waals surface area contributed by atoms with E-state index in [0.717, 1.165) is 38.3 Å². The topological polar surface area (TPSA) is 66.0 Å². The van der Waals surface area contributed by atoms with E-state index in [1.54, 1.807) is 7.05 Å². The summed E-state index contributed by atoms with van der Waals surface area (Å²) in [7, 11) is 1.77. The fourth-order valence-corrected chi connectivity index (χ4v) is 2.51. The van der Waals surface area contributed by atoms with E-state index >= 15 is 0 Å². The van der Waals surface area contributed by atoms with Gasteiger partial charge in [-0.3, -0.25) is 4.99 Å². The highest BCUT2D eigenvalue weighted by Gasteiger charge is 2.30. The molecule has 1 atom stereocenters. The second kappa shape index (κ2) is 11.0. The van der Waals surface area contributed by atoms with Crippen molar-refractivity contribution < 1.29 is 9.53 Å². The minimum Gasteiger partial charge on any atom is -0.444 e. The molecule has 1 amide bonds. The van der Waals surface area contributed by atoms with Gasteiger partial charge in [0.15, 0.2) is 5.96 Å². The zero-order valence-corrected chi connectivity index (χ0v) is 18.3. The molecule has 1 fully saturated rings. The summed E-state index contributed by atoms with van der Waals surface area (Å²) in [5, 5.41) is 6.63. The fourth-order valence-electron chi connectivity index (χ4n) is 2.51. The molecule has 1 aliphatic heterocycles. The quantitative estimate of drug-likeness (QED) is 0.389. The molecule has 7 heteroatoms. The highest BCUT2D eigenvalue weighted by Crippen LogP contribution is 2.20. The molecule has 24 heavy (non-hydrogen) atoms. The van der Waals surface area contributed by atoms with Crippen LogP contribution in [0.1, 0.15) is 53.9 Å². The lowest BCUT2D eigenvalue weighted by Gasteiger charge is -2.37. The molecule has 0 aromatic heterocycles. The molecule has 1 rings (SSSR count). The molecule has 1 heterocycles. The minimum atomic E-state index is -0.457. The molecule has 2 N–H and O–H groups in total. The highest BCUT2D eigenvalue weighted by molar-refractivity contribution is 14.0. The van der Waals surface area contributed by atoms with Crippen molar-refractivity contribution in [3.8, 4) is 0 Å². The van der Waals surface area contributed by atoms with Crippen molar-refractivity contribution in [2.75, 3.05) is 26.7 Å². The Kier molecular flexibility index (Phi) is 10.7. The Balaban J connectivity index is 0.00000529. The Morgan fingerprint density at radius 1 is 1.29 bits per heavy atom. The molecule has 6 nitrogen and oxygen atoms in total. The predicted molar refractivity (Wildman–Crippen MR) is 110 cm³/mol. The number of hydrogen-bond acceptors (Lipinski definition) is 3. The van der Waals surface area contributed by atoms with Crippen molar-refractivity contribution in [3.63, 3.8) is 0 Å². The average Bonchev–Trinajstić information content (AvgIpc) is 2.45.